The molecule has 1 aromatic heterocycles. The average Bonchev–Trinajstić information content (AvgIpc) is 2.71. The molecular formula is C21H26N4O3. The molecule has 0 atom stereocenters. The van der Waals surface area contributed by atoms with Gasteiger partial charge in [0, 0.05) is 36.7 Å². The number of anilines is 2. The van der Waals surface area contributed by atoms with Crippen molar-refractivity contribution >= 4 is 23.4 Å². The predicted molar refractivity (Wildman–Crippen MR) is 108 cm³/mol. The highest BCUT2D eigenvalue weighted by Gasteiger charge is 2.25. The number of benzene rings is 1. The number of nitrogens with one attached hydrogen (secondary N) is 2. The van der Waals surface area contributed by atoms with E-state index in [0.717, 1.165) is 11.4 Å². The molecule has 2 heterocycles. The number of rotatable bonds is 5. The van der Waals surface area contributed by atoms with Crippen LogP contribution in [0.15, 0.2) is 42.6 Å². The summed E-state index contributed by atoms with van der Waals surface area (Å²) < 4.78 is 5.02. The van der Waals surface area contributed by atoms with Crippen LogP contribution in [0.1, 0.15) is 35.8 Å². The number of hydrogen-bond donors (Lipinski definition) is 2. The van der Waals surface area contributed by atoms with Crippen molar-refractivity contribution in [2.75, 3.05) is 25.0 Å². The van der Waals surface area contributed by atoms with Gasteiger partial charge < -0.3 is 20.3 Å². The van der Waals surface area contributed by atoms with Crippen molar-refractivity contribution in [3.05, 3.63) is 53.9 Å². The van der Waals surface area contributed by atoms with Gasteiger partial charge in [-0.2, -0.15) is 0 Å². The van der Waals surface area contributed by atoms with Gasteiger partial charge in [0.15, 0.2) is 0 Å². The van der Waals surface area contributed by atoms with Crippen LogP contribution in [0.3, 0.4) is 0 Å². The maximum absolute atomic E-state index is 12.6. The molecule has 0 saturated carbocycles. The summed E-state index contributed by atoms with van der Waals surface area (Å²) in [5.74, 6) is -0.206. The fraction of sp³-hybridized carbons (Fsp3) is 0.381. The lowest BCUT2D eigenvalue weighted by Crippen LogP contribution is -2.46. The first-order chi connectivity index (χ1) is 13.5. The van der Waals surface area contributed by atoms with Gasteiger partial charge in [-0.05, 0) is 51.0 Å². The number of nitrogens with zero attached hydrogens (tertiary/aromatic N) is 2. The van der Waals surface area contributed by atoms with Crippen molar-refractivity contribution in [1.29, 1.82) is 0 Å². The summed E-state index contributed by atoms with van der Waals surface area (Å²) in [4.78, 5) is 30.2. The standard InChI is InChI=1S/C21H26N4O3/c1-3-28-21(27)25-12-9-17(10-13-25)24-20(26)19-14-18(8-11-22-19)23-16-6-4-15(2)5-7-16/h4-8,11,14,17H,3,9-10,12-13H2,1-2H3,(H,22,23)(H,24,26). The van der Waals surface area contributed by atoms with Crippen molar-refractivity contribution in [3.8, 4) is 0 Å². The summed E-state index contributed by atoms with van der Waals surface area (Å²) in [5.41, 5.74) is 3.31. The minimum atomic E-state index is -0.288. The van der Waals surface area contributed by atoms with E-state index in [9.17, 15) is 9.59 Å². The molecule has 28 heavy (non-hydrogen) atoms. The fourth-order valence-corrected chi connectivity index (χ4v) is 3.12. The number of carbonyl (C=O) groups excluding carboxylic acids is 2. The summed E-state index contributed by atoms with van der Waals surface area (Å²) >= 11 is 0. The largest absolute Gasteiger partial charge is 0.450 e. The maximum Gasteiger partial charge on any atom is 0.409 e. The van der Waals surface area contributed by atoms with Crippen molar-refractivity contribution in [1.82, 2.24) is 15.2 Å². The van der Waals surface area contributed by atoms with Crippen LogP contribution in [0.4, 0.5) is 16.2 Å². The molecule has 1 saturated heterocycles. The molecule has 2 aromatic rings. The third-order valence-corrected chi connectivity index (χ3v) is 4.69. The topological polar surface area (TPSA) is 83.6 Å². The zero-order valence-corrected chi connectivity index (χ0v) is 16.3. The second-order valence-electron chi connectivity index (χ2n) is 6.85. The van der Waals surface area contributed by atoms with Gasteiger partial charge in [-0.1, -0.05) is 17.7 Å². The lowest BCUT2D eigenvalue weighted by molar-refractivity contribution is 0.0856. The van der Waals surface area contributed by atoms with Crippen LogP contribution in [-0.4, -0.2) is 47.6 Å². The van der Waals surface area contributed by atoms with Crippen LogP contribution in [0.5, 0.6) is 0 Å². The molecule has 0 aliphatic carbocycles. The van der Waals surface area contributed by atoms with Crippen molar-refractivity contribution in [2.24, 2.45) is 0 Å². The Morgan fingerprint density at radius 3 is 2.54 bits per heavy atom. The number of amides is 2. The van der Waals surface area contributed by atoms with Gasteiger partial charge in [0.25, 0.3) is 5.91 Å². The molecule has 148 valence electrons. The number of hydrogen-bond acceptors (Lipinski definition) is 5. The Balaban J connectivity index is 1.55. The smallest absolute Gasteiger partial charge is 0.409 e. The van der Waals surface area contributed by atoms with Crippen LogP contribution >= 0.6 is 0 Å². The Morgan fingerprint density at radius 1 is 1.14 bits per heavy atom. The van der Waals surface area contributed by atoms with Gasteiger partial charge in [0.2, 0.25) is 0 Å². The Morgan fingerprint density at radius 2 is 1.86 bits per heavy atom. The molecule has 0 unspecified atom stereocenters. The monoisotopic (exact) mass is 382 g/mol. The zero-order valence-electron chi connectivity index (χ0n) is 16.3. The third kappa shape index (κ3) is 5.22. The first-order valence-corrected chi connectivity index (χ1v) is 9.57. The van der Waals surface area contributed by atoms with Crippen LogP contribution in [0, 0.1) is 6.92 Å². The molecule has 0 bridgehead atoms. The lowest BCUT2D eigenvalue weighted by Gasteiger charge is -2.31. The number of piperidine rings is 1. The minimum absolute atomic E-state index is 0.0219. The molecule has 1 aliphatic rings. The van der Waals surface area contributed by atoms with E-state index in [1.54, 1.807) is 24.1 Å². The van der Waals surface area contributed by atoms with Gasteiger partial charge in [-0.25, -0.2) is 4.79 Å². The fourth-order valence-electron chi connectivity index (χ4n) is 3.12. The predicted octanol–water partition coefficient (Wildman–Crippen LogP) is 3.48. The van der Waals surface area contributed by atoms with E-state index in [1.807, 2.05) is 37.3 Å². The highest BCUT2D eigenvalue weighted by atomic mass is 16.6. The van der Waals surface area contributed by atoms with Gasteiger partial charge in [0.05, 0.1) is 6.61 Å². The van der Waals surface area contributed by atoms with E-state index in [-0.39, 0.29) is 18.0 Å². The molecule has 1 fully saturated rings. The van der Waals surface area contributed by atoms with E-state index in [4.69, 9.17) is 4.74 Å². The van der Waals surface area contributed by atoms with Crippen molar-refractivity contribution in [3.63, 3.8) is 0 Å². The van der Waals surface area contributed by atoms with Gasteiger partial charge in [0.1, 0.15) is 5.69 Å². The van der Waals surface area contributed by atoms with E-state index in [0.29, 0.717) is 38.2 Å². The van der Waals surface area contributed by atoms with Gasteiger partial charge >= 0.3 is 6.09 Å². The second kappa shape index (κ2) is 9.21. The number of likely N-dealkylation sites (tertiary alicyclic amines) is 1. The summed E-state index contributed by atoms with van der Waals surface area (Å²) in [6.45, 7) is 5.35. The summed E-state index contributed by atoms with van der Waals surface area (Å²) in [7, 11) is 0. The third-order valence-electron chi connectivity index (χ3n) is 4.69. The molecule has 2 N–H and O–H groups in total. The number of carbonyl (C=O) groups is 2. The molecule has 0 radical (unpaired) electrons. The zero-order chi connectivity index (χ0) is 19.9. The number of pyridine rings is 1. The molecule has 2 amide bonds. The van der Waals surface area contributed by atoms with Crippen molar-refractivity contribution in [2.45, 2.75) is 32.7 Å². The number of aromatic nitrogens is 1. The Labute approximate surface area is 165 Å². The molecule has 7 nitrogen and oxygen atoms in total. The molecule has 7 heteroatoms. The SMILES string of the molecule is CCOC(=O)N1CCC(NC(=O)c2cc(Nc3ccc(C)cc3)ccn2)CC1. The molecule has 1 aliphatic heterocycles. The normalized spacial score (nSPS) is 14.4. The lowest BCUT2D eigenvalue weighted by atomic mass is 10.1. The van der Waals surface area contributed by atoms with Gasteiger partial charge in [-0.15, -0.1) is 0 Å². The van der Waals surface area contributed by atoms with Crippen LogP contribution in [-0.2, 0) is 4.74 Å². The Kier molecular flexibility index (Phi) is 6.47. The summed E-state index contributed by atoms with van der Waals surface area (Å²) in [5, 5.41) is 6.30. The number of ether oxygens (including phenoxy) is 1. The highest BCUT2D eigenvalue weighted by Crippen LogP contribution is 2.18. The van der Waals surface area contributed by atoms with E-state index < -0.39 is 0 Å². The van der Waals surface area contributed by atoms with E-state index in [2.05, 4.69) is 15.6 Å². The highest BCUT2D eigenvalue weighted by molar-refractivity contribution is 5.93. The minimum Gasteiger partial charge on any atom is -0.450 e. The average molecular weight is 382 g/mol. The molecular weight excluding hydrogens is 356 g/mol. The number of aryl methyl sites for hydroxylation is 1. The summed E-state index contributed by atoms with van der Waals surface area (Å²) in [6.07, 6.45) is 2.73. The molecule has 1 aromatic carbocycles. The molecule has 0 spiro atoms. The second-order valence-corrected chi connectivity index (χ2v) is 6.85. The Hall–Kier alpha value is -3.09. The van der Waals surface area contributed by atoms with Crippen LogP contribution in [0.2, 0.25) is 0 Å². The van der Waals surface area contributed by atoms with E-state index >= 15 is 0 Å². The van der Waals surface area contributed by atoms with Gasteiger partial charge in [-0.3, -0.25) is 9.78 Å². The first-order valence-electron chi connectivity index (χ1n) is 9.57. The van der Waals surface area contributed by atoms with Crippen LogP contribution < -0.4 is 10.6 Å². The first kappa shape index (κ1) is 19.7. The van der Waals surface area contributed by atoms with Crippen molar-refractivity contribution < 1.29 is 14.3 Å². The maximum atomic E-state index is 12.6. The van der Waals surface area contributed by atoms with Crippen LogP contribution in [0.25, 0.3) is 0 Å². The molecule has 3 rings (SSSR count). The van der Waals surface area contributed by atoms with E-state index in [1.165, 1.54) is 5.56 Å². The Bertz CT molecular complexity index is 815. The quantitative estimate of drug-likeness (QED) is 0.827. The summed E-state index contributed by atoms with van der Waals surface area (Å²) in [6, 6.07) is 11.6.